The lowest BCUT2D eigenvalue weighted by Gasteiger charge is -1.97. The van der Waals surface area contributed by atoms with Gasteiger partial charge in [-0.05, 0) is 6.42 Å². The largest absolute Gasteiger partial charge is 0.380 e. The molecule has 0 aromatic heterocycles. The molecule has 0 saturated carbocycles. The molecule has 0 amide bonds. The Kier molecular flexibility index (Phi) is 2.00. The molecule has 7 heavy (non-hydrogen) atoms. The lowest BCUT2D eigenvalue weighted by atomic mass is 10.4. The molecule has 1 unspecified atom stereocenters. The topological polar surface area (TPSA) is 9.23 Å². The van der Waals surface area contributed by atoms with Gasteiger partial charge in [0.25, 0.3) is 0 Å². The summed E-state index contributed by atoms with van der Waals surface area (Å²) >= 11 is 1.66. The van der Waals surface area contributed by atoms with Crippen molar-refractivity contribution in [2.75, 3.05) is 13.2 Å². The van der Waals surface area contributed by atoms with Crippen LogP contribution in [0.25, 0.3) is 0 Å². The maximum absolute atomic E-state index is 5.09. The zero-order chi connectivity index (χ0) is 5.11. The van der Waals surface area contributed by atoms with Crippen LogP contribution >= 0.6 is 11.8 Å². The van der Waals surface area contributed by atoms with Gasteiger partial charge in [0.2, 0.25) is 0 Å². The van der Waals surface area contributed by atoms with E-state index in [9.17, 15) is 0 Å². The van der Waals surface area contributed by atoms with Crippen molar-refractivity contribution in [2.45, 2.75) is 11.7 Å². The fraction of sp³-hybridized carbons (Fsp3) is 0.800. The van der Waals surface area contributed by atoms with E-state index in [2.05, 4.69) is 6.26 Å². The summed E-state index contributed by atoms with van der Waals surface area (Å²) in [6.45, 7) is 1.85. The molecule has 1 aliphatic rings. The van der Waals surface area contributed by atoms with Gasteiger partial charge in [0.15, 0.2) is 0 Å². The molecule has 2 heteroatoms. The zero-order valence-electron chi connectivity index (χ0n) is 4.22. The van der Waals surface area contributed by atoms with Gasteiger partial charge >= 0.3 is 0 Å². The van der Waals surface area contributed by atoms with Crippen LogP contribution in [0, 0.1) is 6.26 Å². The highest BCUT2D eigenvalue weighted by Gasteiger charge is 2.12. The van der Waals surface area contributed by atoms with Gasteiger partial charge in [-0.25, -0.2) is 0 Å². The van der Waals surface area contributed by atoms with Crippen LogP contribution in [0.2, 0.25) is 0 Å². The van der Waals surface area contributed by atoms with Crippen LogP contribution in [-0.4, -0.2) is 18.5 Å². The molecule has 1 atom stereocenters. The average Bonchev–Trinajstić information content (AvgIpc) is 2.14. The Bertz CT molecular complexity index is 50.0. The third-order valence-electron chi connectivity index (χ3n) is 1.12. The lowest BCUT2D eigenvalue weighted by molar-refractivity contribution is 0.199. The first-order valence-corrected chi connectivity index (χ1v) is 3.47. The van der Waals surface area contributed by atoms with Crippen LogP contribution in [0.3, 0.4) is 0 Å². The zero-order valence-corrected chi connectivity index (χ0v) is 5.04. The maximum Gasteiger partial charge on any atom is 0.0585 e. The molecular formula is C5H9OS. The third kappa shape index (κ3) is 1.35. The van der Waals surface area contributed by atoms with Crippen molar-refractivity contribution in [2.24, 2.45) is 0 Å². The van der Waals surface area contributed by atoms with E-state index in [0.29, 0.717) is 5.25 Å². The SMILES string of the molecule is [CH2]SC1CCOC1. The quantitative estimate of drug-likeness (QED) is 0.512. The van der Waals surface area contributed by atoms with Crippen molar-refractivity contribution in [3.05, 3.63) is 6.26 Å². The maximum atomic E-state index is 5.09. The lowest BCUT2D eigenvalue weighted by Crippen LogP contribution is -1.96. The molecule has 1 nitrogen and oxygen atoms in total. The standard InChI is InChI=1S/C5H9OS/c1-7-5-2-3-6-4-5/h5H,1-4H2. The van der Waals surface area contributed by atoms with E-state index in [1.165, 1.54) is 6.42 Å². The fourth-order valence-electron chi connectivity index (χ4n) is 0.644. The first-order valence-electron chi connectivity index (χ1n) is 2.42. The van der Waals surface area contributed by atoms with Gasteiger partial charge in [-0.3, -0.25) is 0 Å². The van der Waals surface area contributed by atoms with Crippen molar-refractivity contribution >= 4 is 11.8 Å². The Hall–Kier alpha value is 0.310. The van der Waals surface area contributed by atoms with Crippen molar-refractivity contribution in [1.29, 1.82) is 0 Å². The van der Waals surface area contributed by atoms with E-state index < -0.39 is 0 Å². The second kappa shape index (κ2) is 2.58. The molecule has 41 valence electrons. The summed E-state index contributed by atoms with van der Waals surface area (Å²) in [4.78, 5) is 0. The summed E-state index contributed by atoms with van der Waals surface area (Å²) in [7, 11) is 0. The smallest absolute Gasteiger partial charge is 0.0585 e. The second-order valence-electron chi connectivity index (χ2n) is 1.65. The van der Waals surface area contributed by atoms with Gasteiger partial charge in [0.05, 0.1) is 6.61 Å². The van der Waals surface area contributed by atoms with Crippen LogP contribution in [0.5, 0.6) is 0 Å². The fourth-order valence-corrected chi connectivity index (χ4v) is 1.10. The normalized spacial score (nSPS) is 31.3. The van der Waals surface area contributed by atoms with Crippen molar-refractivity contribution < 1.29 is 4.74 Å². The number of hydrogen-bond acceptors (Lipinski definition) is 2. The van der Waals surface area contributed by atoms with Crippen molar-refractivity contribution in [1.82, 2.24) is 0 Å². The third-order valence-corrected chi connectivity index (χ3v) is 1.97. The highest BCUT2D eigenvalue weighted by atomic mass is 32.2. The first-order chi connectivity index (χ1) is 3.43. The minimum atomic E-state index is 0.681. The van der Waals surface area contributed by atoms with E-state index in [4.69, 9.17) is 4.74 Å². The second-order valence-corrected chi connectivity index (χ2v) is 2.65. The summed E-state index contributed by atoms with van der Waals surface area (Å²) in [6.07, 6.45) is 4.89. The molecule has 1 heterocycles. The number of rotatable bonds is 1. The molecule has 0 aromatic carbocycles. The predicted molar refractivity (Wildman–Crippen MR) is 32.2 cm³/mol. The summed E-state index contributed by atoms with van der Waals surface area (Å²) in [6, 6.07) is 0. The molecule has 0 spiro atoms. The van der Waals surface area contributed by atoms with Gasteiger partial charge in [0.1, 0.15) is 0 Å². The summed E-state index contributed by atoms with van der Waals surface area (Å²) in [5.41, 5.74) is 0. The van der Waals surface area contributed by atoms with Crippen LogP contribution in [0.4, 0.5) is 0 Å². The van der Waals surface area contributed by atoms with E-state index >= 15 is 0 Å². The highest BCUT2D eigenvalue weighted by Crippen LogP contribution is 2.17. The van der Waals surface area contributed by atoms with Gasteiger partial charge in [-0.2, -0.15) is 11.8 Å². The Morgan fingerprint density at radius 3 is 2.86 bits per heavy atom. The van der Waals surface area contributed by atoms with E-state index in [0.717, 1.165) is 13.2 Å². The predicted octanol–water partition coefficient (Wildman–Crippen LogP) is 1.30. The molecule has 0 aromatic rings. The Labute approximate surface area is 48.4 Å². The van der Waals surface area contributed by atoms with E-state index in [1.807, 2.05) is 0 Å². The molecule has 1 rings (SSSR count). The Balaban J connectivity index is 2.14. The van der Waals surface area contributed by atoms with Crippen molar-refractivity contribution in [3.63, 3.8) is 0 Å². The average molecular weight is 117 g/mol. The van der Waals surface area contributed by atoms with E-state index in [1.54, 1.807) is 11.8 Å². The van der Waals surface area contributed by atoms with Crippen LogP contribution in [-0.2, 0) is 4.74 Å². The highest BCUT2D eigenvalue weighted by molar-refractivity contribution is 8.01. The number of hydrogen-bond donors (Lipinski definition) is 0. The first kappa shape index (κ1) is 5.45. The van der Waals surface area contributed by atoms with Crippen LogP contribution < -0.4 is 0 Å². The van der Waals surface area contributed by atoms with Gasteiger partial charge in [0, 0.05) is 18.1 Å². The molecule has 1 saturated heterocycles. The number of ether oxygens (including phenoxy) is 1. The summed E-state index contributed by atoms with van der Waals surface area (Å²) < 4.78 is 5.09. The molecule has 0 N–H and O–H groups in total. The summed E-state index contributed by atoms with van der Waals surface area (Å²) in [5.74, 6) is 0. The Morgan fingerprint density at radius 1 is 1.71 bits per heavy atom. The monoisotopic (exact) mass is 117 g/mol. The van der Waals surface area contributed by atoms with Gasteiger partial charge in [-0.15, -0.1) is 0 Å². The molecule has 0 bridgehead atoms. The minimum absolute atomic E-state index is 0.681. The van der Waals surface area contributed by atoms with Crippen molar-refractivity contribution in [3.8, 4) is 0 Å². The van der Waals surface area contributed by atoms with Gasteiger partial charge in [-0.1, -0.05) is 0 Å². The Morgan fingerprint density at radius 2 is 2.57 bits per heavy atom. The molecule has 1 radical (unpaired) electrons. The molecule has 1 aliphatic heterocycles. The number of thioether (sulfide) groups is 1. The van der Waals surface area contributed by atoms with E-state index in [-0.39, 0.29) is 0 Å². The summed E-state index contributed by atoms with van der Waals surface area (Å²) in [5, 5.41) is 0.681. The minimum Gasteiger partial charge on any atom is -0.380 e. The molecule has 0 aliphatic carbocycles. The van der Waals surface area contributed by atoms with Gasteiger partial charge < -0.3 is 4.74 Å². The molecular weight excluding hydrogens is 108 g/mol. The van der Waals surface area contributed by atoms with Crippen LogP contribution in [0.15, 0.2) is 0 Å². The van der Waals surface area contributed by atoms with Crippen LogP contribution in [0.1, 0.15) is 6.42 Å². The molecule has 1 fully saturated rings.